The summed E-state index contributed by atoms with van der Waals surface area (Å²) in [5.41, 5.74) is 3.39. The third kappa shape index (κ3) is 4.63. The van der Waals surface area contributed by atoms with E-state index in [1.54, 1.807) is 9.58 Å². The first-order valence-corrected chi connectivity index (χ1v) is 11.2. The largest absolute Gasteiger partial charge is 0.365 e. The van der Waals surface area contributed by atoms with Crippen molar-refractivity contribution >= 4 is 11.8 Å². The number of hydrogen-bond acceptors (Lipinski definition) is 5. The first-order valence-electron chi connectivity index (χ1n) is 11.2. The summed E-state index contributed by atoms with van der Waals surface area (Å²) in [6, 6.07) is 8.44. The van der Waals surface area contributed by atoms with Crippen LogP contribution >= 0.6 is 0 Å². The molecule has 1 fully saturated rings. The Morgan fingerprint density at radius 1 is 1.23 bits per heavy atom. The summed E-state index contributed by atoms with van der Waals surface area (Å²) in [6.07, 6.45) is 2.15. The van der Waals surface area contributed by atoms with Crippen LogP contribution < -0.4 is 5.32 Å². The monoisotopic (exact) mass is 425 g/mol. The Balaban J connectivity index is 1.37. The van der Waals surface area contributed by atoms with Gasteiger partial charge in [0, 0.05) is 25.0 Å². The summed E-state index contributed by atoms with van der Waals surface area (Å²) >= 11 is 0. The Bertz CT molecular complexity index is 931. The number of aryl methyl sites for hydroxylation is 1. The van der Waals surface area contributed by atoms with Crippen molar-refractivity contribution in [3.05, 3.63) is 46.8 Å². The normalized spacial score (nSPS) is 20.2. The van der Waals surface area contributed by atoms with Crippen molar-refractivity contribution < 1.29 is 14.3 Å². The lowest BCUT2D eigenvalue weighted by Gasteiger charge is -2.32. The van der Waals surface area contributed by atoms with Crippen LogP contribution in [0.2, 0.25) is 0 Å². The molecule has 0 radical (unpaired) electrons. The van der Waals surface area contributed by atoms with Gasteiger partial charge in [0.2, 0.25) is 5.91 Å². The van der Waals surface area contributed by atoms with E-state index in [4.69, 9.17) is 4.74 Å². The summed E-state index contributed by atoms with van der Waals surface area (Å²) in [6.45, 7) is 8.07. The number of carbonyl (C=O) groups excluding carboxylic acids is 2. The molecule has 4 rings (SSSR count). The second-order valence-corrected chi connectivity index (χ2v) is 8.66. The van der Waals surface area contributed by atoms with E-state index in [0.717, 1.165) is 17.7 Å². The second-order valence-electron chi connectivity index (χ2n) is 8.66. The van der Waals surface area contributed by atoms with Gasteiger partial charge >= 0.3 is 0 Å². The first-order chi connectivity index (χ1) is 15.0. The van der Waals surface area contributed by atoms with Gasteiger partial charge in [0.1, 0.15) is 6.10 Å². The maximum absolute atomic E-state index is 13.1. The molecule has 1 saturated heterocycles. The molecule has 0 saturated carbocycles. The average molecular weight is 426 g/mol. The van der Waals surface area contributed by atoms with Gasteiger partial charge in [-0.25, -0.2) is 4.68 Å². The third-order valence-electron chi connectivity index (χ3n) is 6.40. The van der Waals surface area contributed by atoms with Gasteiger partial charge in [0.15, 0.2) is 5.69 Å². The maximum Gasteiger partial charge on any atom is 0.276 e. The number of benzene rings is 1. The minimum absolute atomic E-state index is 0.0364. The zero-order valence-corrected chi connectivity index (χ0v) is 18.5. The molecule has 2 atom stereocenters. The summed E-state index contributed by atoms with van der Waals surface area (Å²) < 4.78 is 7.82. The molecule has 1 aromatic carbocycles. The van der Waals surface area contributed by atoms with Gasteiger partial charge < -0.3 is 15.0 Å². The Labute approximate surface area is 182 Å². The molecule has 0 unspecified atom stereocenters. The van der Waals surface area contributed by atoms with E-state index in [2.05, 4.69) is 53.7 Å². The number of rotatable bonds is 5. The standard InChI is InChI=1S/C23H31N5O3/c1-4-16(3)24-22(29)18-9-11-27(12-10-18)23(30)21-19-14-31-20(13-28(19)26-25-21)17-7-5-15(2)6-8-17/h5-8,16,18,20H,4,9-14H2,1-3H3,(H,24,29)/t16-,20+/m0/s1. The Morgan fingerprint density at radius 3 is 2.61 bits per heavy atom. The molecular weight excluding hydrogens is 394 g/mol. The van der Waals surface area contributed by atoms with Crippen molar-refractivity contribution in [3.63, 3.8) is 0 Å². The van der Waals surface area contributed by atoms with Crippen molar-refractivity contribution in [2.45, 2.75) is 65.3 Å². The predicted molar refractivity (Wildman–Crippen MR) is 115 cm³/mol. The number of likely N-dealkylation sites (tertiary alicyclic amines) is 1. The highest BCUT2D eigenvalue weighted by Gasteiger charge is 2.33. The molecule has 0 spiro atoms. The quantitative estimate of drug-likeness (QED) is 0.795. The zero-order valence-electron chi connectivity index (χ0n) is 18.5. The van der Waals surface area contributed by atoms with Crippen LogP contribution in [0.3, 0.4) is 0 Å². The fourth-order valence-corrected chi connectivity index (χ4v) is 4.12. The predicted octanol–water partition coefficient (Wildman–Crippen LogP) is 2.62. The van der Waals surface area contributed by atoms with Gasteiger partial charge in [0.25, 0.3) is 5.91 Å². The van der Waals surface area contributed by atoms with Crippen LogP contribution in [0.1, 0.15) is 66.5 Å². The topological polar surface area (TPSA) is 89.4 Å². The molecule has 8 nitrogen and oxygen atoms in total. The van der Waals surface area contributed by atoms with Gasteiger partial charge in [-0.15, -0.1) is 5.10 Å². The van der Waals surface area contributed by atoms with E-state index in [1.165, 1.54) is 5.56 Å². The number of amides is 2. The molecule has 2 aromatic rings. The summed E-state index contributed by atoms with van der Waals surface area (Å²) in [5.74, 6) is -0.0665. The Hall–Kier alpha value is -2.74. The van der Waals surface area contributed by atoms with Crippen LogP contribution in [-0.2, 0) is 22.7 Å². The molecular formula is C23H31N5O3. The molecule has 2 amide bonds. The van der Waals surface area contributed by atoms with Gasteiger partial charge in [-0.3, -0.25) is 9.59 Å². The second kappa shape index (κ2) is 9.18. The molecule has 8 heteroatoms. The van der Waals surface area contributed by atoms with Crippen molar-refractivity contribution in [1.82, 2.24) is 25.2 Å². The third-order valence-corrected chi connectivity index (χ3v) is 6.40. The lowest BCUT2D eigenvalue weighted by Crippen LogP contribution is -2.45. The zero-order chi connectivity index (χ0) is 22.0. The van der Waals surface area contributed by atoms with E-state index >= 15 is 0 Å². The highest BCUT2D eigenvalue weighted by molar-refractivity contribution is 5.93. The fourth-order valence-electron chi connectivity index (χ4n) is 4.12. The van der Waals surface area contributed by atoms with Crippen molar-refractivity contribution in [2.24, 2.45) is 5.92 Å². The molecule has 2 aliphatic rings. The van der Waals surface area contributed by atoms with Crippen LogP contribution in [0.25, 0.3) is 0 Å². The number of nitrogens with zero attached hydrogens (tertiary/aromatic N) is 4. The molecule has 31 heavy (non-hydrogen) atoms. The van der Waals surface area contributed by atoms with Crippen LogP contribution in [0.5, 0.6) is 0 Å². The van der Waals surface area contributed by atoms with Gasteiger partial charge in [-0.05, 0) is 38.7 Å². The van der Waals surface area contributed by atoms with Gasteiger partial charge in [-0.1, -0.05) is 42.0 Å². The number of piperidine rings is 1. The van der Waals surface area contributed by atoms with Crippen LogP contribution in [0, 0.1) is 12.8 Å². The minimum Gasteiger partial charge on any atom is -0.365 e. The number of ether oxygens (including phenoxy) is 1. The number of aromatic nitrogens is 3. The van der Waals surface area contributed by atoms with Crippen molar-refractivity contribution in [2.75, 3.05) is 13.1 Å². The van der Waals surface area contributed by atoms with E-state index in [-0.39, 0.29) is 29.9 Å². The van der Waals surface area contributed by atoms with Gasteiger partial charge in [-0.2, -0.15) is 0 Å². The van der Waals surface area contributed by atoms with E-state index < -0.39 is 0 Å². The van der Waals surface area contributed by atoms with E-state index in [0.29, 0.717) is 44.8 Å². The van der Waals surface area contributed by atoms with E-state index in [1.807, 2.05) is 6.92 Å². The molecule has 166 valence electrons. The molecule has 2 aliphatic heterocycles. The number of fused-ring (bicyclic) bond motifs is 1. The Morgan fingerprint density at radius 2 is 1.94 bits per heavy atom. The summed E-state index contributed by atoms with van der Waals surface area (Å²) in [7, 11) is 0. The minimum atomic E-state index is -0.126. The number of carbonyl (C=O) groups is 2. The molecule has 1 N–H and O–H groups in total. The molecule has 0 aliphatic carbocycles. The van der Waals surface area contributed by atoms with Crippen LogP contribution in [0.4, 0.5) is 0 Å². The SMILES string of the molecule is CC[C@H](C)NC(=O)C1CCN(C(=O)c2nnn3c2CO[C@@H](c2ccc(C)cc2)C3)CC1. The average Bonchev–Trinajstić information content (AvgIpc) is 3.22. The first kappa shape index (κ1) is 21.5. The summed E-state index contributed by atoms with van der Waals surface area (Å²) in [5, 5.41) is 11.5. The van der Waals surface area contributed by atoms with Crippen molar-refractivity contribution in [1.29, 1.82) is 0 Å². The van der Waals surface area contributed by atoms with Crippen molar-refractivity contribution in [3.8, 4) is 0 Å². The summed E-state index contributed by atoms with van der Waals surface area (Å²) in [4.78, 5) is 27.2. The Kier molecular flexibility index (Phi) is 6.36. The van der Waals surface area contributed by atoms with Crippen LogP contribution in [0.15, 0.2) is 24.3 Å². The molecule has 3 heterocycles. The molecule has 1 aromatic heterocycles. The highest BCUT2D eigenvalue weighted by atomic mass is 16.5. The lowest BCUT2D eigenvalue weighted by atomic mass is 9.95. The highest BCUT2D eigenvalue weighted by Crippen LogP contribution is 2.28. The number of hydrogen-bond donors (Lipinski definition) is 1. The van der Waals surface area contributed by atoms with Crippen LogP contribution in [-0.4, -0.2) is 50.8 Å². The fraction of sp³-hybridized carbons (Fsp3) is 0.565. The van der Waals surface area contributed by atoms with Gasteiger partial charge in [0.05, 0.1) is 18.8 Å². The maximum atomic E-state index is 13.1. The number of nitrogens with one attached hydrogen (secondary N) is 1. The van der Waals surface area contributed by atoms with E-state index in [9.17, 15) is 9.59 Å². The lowest BCUT2D eigenvalue weighted by molar-refractivity contribution is -0.126. The molecule has 0 bridgehead atoms. The smallest absolute Gasteiger partial charge is 0.276 e.